The summed E-state index contributed by atoms with van der Waals surface area (Å²) in [7, 11) is 4.60. The Labute approximate surface area is 205 Å². The number of benzene rings is 2. The van der Waals surface area contributed by atoms with Crippen LogP contribution in [0, 0.1) is 0 Å². The normalized spacial score (nSPS) is 10.6. The number of nitrogens with zero attached hydrogens (tertiary/aromatic N) is 2. The Kier molecular flexibility index (Phi) is 7.11. The van der Waals surface area contributed by atoms with Crippen molar-refractivity contribution in [3.63, 3.8) is 0 Å². The number of carbonyl (C=O) groups excluding carboxylic acids is 2. The number of para-hydroxylation sites is 1. The molecule has 1 amide bonds. The molecule has 0 fully saturated rings. The summed E-state index contributed by atoms with van der Waals surface area (Å²) in [5.41, 5.74) is 2.74. The van der Waals surface area contributed by atoms with E-state index in [0.29, 0.717) is 55.8 Å². The molecule has 2 aromatic heterocycles. The van der Waals surface area contributed by atoms with Gasteiger partial charge >= 0.3 is 5.97 Å². The molecule has 35 heavy (non-hydrogen) atoms. The summed E-state index contributed by atoms with van der Waals surface area (Å²) in [4.78, 5) is 33.3. The van der Waals surface area contributed by atoms with Gasteiger partial charge in [-0.3, -0.25) is 4.79 Å². The van der Waals surface area contributed by atoms with E-state index in [1.165, 1.54) is 39.6 Å². The predicted molar refractivity (Wildman–Crippen MR) is 132 cm³/mol. The van der Waals surface area contributed by atoms with Crippen molar-refractivity contribution in [2.75, 3.05) is 26.6 Å². The smallest absolute Gasteiger partial charge is 0.339 e. The number of fused-ring (bicyclic) bond motifs is 1. The number of carbonyl (C=O) groups is 2. The van der Waals surface area contributed by atoms with Gasteiger partial charge < -0.3 is 24.3 Å². The molecule has 0 aliphatic carbocycles. The second-order valence-electron chi connectivity index (χ2n) is 7.39. The number of amides is 1. The lowest BCUT2D eigenvalue weighted by molar-refractivity contribution is -0.114. The Morgan fingerprint density at radius 2 is 1.69 bits per heavy atom. The fraction of sp³-hybridized carbons (Fsp3) is 0.200. The minimum Gasteiger partial charge on any atom is -0.493 e. The van der Waals surface area contributed by atoms with Gasteiger partial charge in [0, 0.05) is 23.3 Å². The molecule has 1 N–H and O–H groups in total. The van der Waals surface area contributed by atoms with Gasteiger partial charge in [-0.05, 0) is 24.3 Å². The Hall–Kier alpha value is -4.18. The number of ether oxygens (including phenoxy) is 4. The van der Waals surface area contributed by atoms with Crippen molar-refractivity contribution in [2.24, 2.45) is 0 Å². The van der Waals surface area contributed by atoms with Crippen LogP contribution in [0.3, 0.4) is 0 Å². The molecule has 10 heteroatoms. The molecule has 0 unspecified atom stereocenters. The number of rotatable bonds is 8. The molecule has 0 bridgehead atoms. The Balaban J connectivity index is 1.69. The topological polar surface area (TPSA) is 109 Å². The number of esters is 1. The number of nitrogens with one attached hydrogen (secondary N) is 1. The molecule has 4 rings (SSSR count). The molecule has 0 saturated carbocycles. The molecule has 0 spiro atoms. The summed E-state index contributed by atoms with van der Waals surface area (Å²) in [6, 6.07) is 12.5. The second kappa shape index (κ2) is 10.4. The van der Waals surface area contributed by atoms with Gasteiger partial charge in [0.2, 0.25) is 11.7 Å². The van der Waals surface area contributed by atoms with Crippen molar-refractivity contribution in [2.45, 2.75) is 13.5 Å². The van der Waals surface area contributed by atoms with Gasteiger partial charge in [-0.15, -0.1) is 11.3 Å². The quantitative estimate of drug-likeness (QED) is 0.352. The summed E-state index contributed by atoms with van der Waals surface area (Å²) in [6.07, 6.45) is 0. The first-order valence-electron chi connectivity index (χ1n) is 10.5. The lowest BCUT2D eigenvalue weighted by Crippen LogP contribution is -2.08. The number of thiazole rings is 1. The number of pyridine rings is 1. The third-order valence-corrected chi connectivity index (χ3v) is 5.89. The first-order valence-corrected chi connectivity index (χ1v) is 11.4. The van der Waals surface area contributed by atoms with E-state index in [2.05, 4.69) is 10.3 Å². The molecule has 2 aromatic carbocycles. The lowest BCUT2D eigenvalue weighted by atomic mass is 10.0. The monoisotopic (exact) mass is 493 g/mol. The molecule has 9 nitrogen and oxygen atoms in total. The third kappa shape index (κ3) is 5.17. The average molecular weight is 494 g/mol. The van der Waals surface area contributed by atoms with Crippen molar-refractivity contribution in [1.29, 1.82) is 0 Å². The average Bonchev–Trinajstić information content (AvgIpc) is 3.32. The first-order chi connectivity index (χ1) is 16.9. The lowest BCUT2D eigenvalue weighted by Gasteiger charge is -2.15. The van der Waals surface area contributed by atoms with Crippen LogP contribution in [-0.4, -0.2) is 43.2 Å². The first kappa shape index (κ1) is 24.0. The van der Waals surface area contributed by atoms with Gasteiger partial charge in [-0.2, -0.15) is 0 Å². The molecular formula is C25H23N3O6S. The summed E-state index contributed by atoms with van der Waals surface area (Å²) >= 11 is 1.26. The van der Waals surface area contributed by atoms with E-state index in [1.54, 1.807) is 23.6 Å². The molecule has 0 saturated heterocycles. The number of aromatic nitrogens is 2. The standard InChI is InChI=1S/C25H23N3O6S/c1-14(29)26-25-27-16(13-35-25)12-34-24(30)18-11-20(28-19-8-6-5-7-17(18)19)15-9-21(31-2)23(33-4)22(10-15)32-3/h5-11,13H,12H2,1-4H3,(H,26,27,29). The van der Waals surface area contributed by atoms with E-state index in [0.717, 1.165) is 0 Å². The van der Waals surface area contributed by atoms with E-state index >= 15 is 0 Å². The molecule has 0 radical (unpaired) electrons. The molecule has 2 heterocycles. The van der Waals surface area contributed by atoms with Crippen LogP contribution in [0.25, 0.3) is 22.2 Å². The molecule has 4 aromatic rings. The fourth-order valence-corrected chi connectivity index (χ4v) is 4.26. The van der Waals surface area contributed by atoms with Gasteiger partial charge in [-0.1, -0.05) is 18.2 Å². The summed E-state index contributed by atoms with van der Waals surface area (Å²) in [5, 5.41) is 5.44. The zero-order valence-electron chi connectivity index (χ0n) is 19.6. The number of hydrogen-bond donors (Lipinski definition) is 1. The highest BCUT2D eigenvalue weighted by Crippen LogP contribution is 2.41. The predicted octanol–water partition coefficient (Wildman–Crippen LogP) is 4.70. The van der Waals surface area contributed by atoms with Gasteiger partial charge in [-0.25, -0.2) is 14.8 Å². The van der Waals surface area contributed by atoms with E-state index in [4.69, 9.17) is 23.9 Å². The maximum atomic E-state index is 13.1. The Morgan fingerprint density at radius 1 is 0.971 bits per heavy atom. The minimum absolute atomic E-state index is 0.0366. The second-order valence-corrected chi connectivity index (χ2v) is 8.25. The van der Waals surface area contributed by atoms with Crippen molar-refractivity contribution < 1.29 is 28.5 Å². The van der Waals surface area contributed by atoms with Crippen LogP contribution in [0.2, 0.25) is 0 Å². The van der Waals surface area contributed by atoms with Gasteiger partial charge in [0.1, 0.15) is 6.61 Å². The highest BCUT2D eigenvalue weighted by molar-refractivity contribution is 7.13. The minimum atomic E-state index is -0.522. The zero-order chi connectivity index (χ0) is 24.9. The summed E-state index contributed by atoms with van der Waals surface area (Å²) < 4.78 is 21.9. The van der Waals surface area contributed by atoms with Crippen LogP contribution in [0.1, 0.15) is 23.0 Å². The third-order valence-electron chi connectivity index (χ3n) is 5.08. The molecule has 0 aliphatic heterocycles. The van der Waals surface area contributed by atoms with E-state index in [-0.39, 0.29) is 12.5 Å². The number of methoxy groups -OCH3 is 3. The van der Waals surface area contributed by atoms with Gasteiger partial charge in [0.25, 0.3) is 0 Å². The molecule has 0 aliphatic rings. The number of hydrogen-bond acceptors (Lipinski definition) is 9. The van der Waals surface area contributed by atoms with Crippen LogP contribution < -0.4 is 19.5 Å². The van der Waals surface area contributed by atoms with Crippen molar-refractivity contribution in [3.8, 4) is 28.5 Å². The van der Waals surface area contributed by atoms with Crippen LogP contribution in [0.15, 0.2) is 47.8 Å². The van der Waals surface area contributed by atoms with Crippen LogP contribution >= 0.6 is 11.3 Å². The SMILES string of the molecule is COc1cc(-c2cc(C(=O)OCc3csc(NC(C)=O)n3)c3ccccc3n2)cc(OC)c1OC. The summed E-state index contributed by atoms with van der Waals surface area (Å²) in [5.74, 6) is 0.664. The van der Waals surface area contributed by atoms with E-state index in [9.17, 15) is 9.59 Å². The molecule has 0 atom stereocenters. The van der Waals surface area contributed by atoms with E-state index < -0.39 is 5.97 Å². The van der Waals surface area contributed by atoms with E-state index in [1.807, 2.05) is 24.3 Å². The fourth-order valence-electron chi connectivity index (χ4n) is 3.52. The Morgan fingerprint density at radius 3 is 2.34 bits per heavy atom. The number of anilines is 1. The van der Waals surface area contributed by atoms with Gasteiger partial charge in [0.05, 0.1) is 43.8 Å². The van der Waals surface area contributed by atoms with Crippen molar-refractivity contribution in [1.82, 2.24) is 9.97 Å². The van der Waals surface area contributed by atoms with Crippen molar-refractivity contribution >= 4 is 39.2 Å². The van der Waals surface area contributed by atoms with Crippen LogP contribution in [0.5, 0.6) is 17.2 Å². The van der Waals surface area contributed by atoms with Gasteiger partial charge in [0.15, 0.2) is 16.6 Å². The largest absolute Gasteiger partial charge is 0.493 e. The molecular weight excluding hydrogens is 470 g/mol. The highest BCUT2D eigenvalue weighted by Gasteiger charge is 2.19. The molecule has 180 valence electrons. The summed E-state index contributed by atoms with van der Waals surface area (Å²) in [6.45, 7) is 1.37. The maximum Gasteiger partial charge on any atom is 0.339 e. The highest BCUT2D eigenvalue weighted by atomic mass is 32.1. The Bertz CT molecular complexity index is 1380. The van der Waals surface area contributed by atoms with Crippen molar-refractivity contribution in [3.05, 3.63) is 59.1 Å². The van der Waals surface area contributed by atoms with Crippen LogP contribution in [-0.2, 0) is 16.1 Å². The van der Waals surface area contributed by atoms with Crippen LogP contribution in [0.4, 0.5) is 5.13 Å². The zero-order valence-corrected chi connectivity index (χ0v) is 20.4. The maximum absolute atomic E-state index is 13.1.